The molecule has 0 heterocycles. The second-order valence-corrected chi connectivity index (χ2v) is 11.7. The number of benzene rings is 2. The molecule has 0 aliphatic carbocycles. The minimum absolute atomic E-state index is 0.0653. The van der Waals surface area contributed by atoms with E-state index in [-0.39, 0.29) is 34.7 Å². The van der Waals surface area contributed by atoms with E-state index in [2.05, 4.69) is 45.0 Å². The van der Waals surface area contributed by atoms with Crippen molar-refractivity contribution in [1.82, 2.24) is 0 Å². The van der Waals surface area contributed by atoms with Gasteiger partial charge in [-0.05, 0) is 52.5 Å². The van der Waals surface area contributed by atoms with E-state index in [0.717, 1.165) is 17.5 Å². The first kappa shape index (κ1) is 26.4. The molecule has 0 aliphatic rings. The Kier molecular flexibility index (Phi) is 8.91. The summed E-state index contributed by atoms with van der Waals surface area (Å²) >= 11 is 0. The first-order chi connectivity index (χ1) is 14.8. The Bertz CT molecular complexity index is 965. The van der Waals surface area contributed by atoms with Crippen molar-refractivity contribution in [2.45, 2.75) is 70.1 Å². The molecule has 2 aromatic rings. The summed E-state index contributed by atoms with van der Waals surface area (Å²) in [6.07, 6.45) is 1.35. The maximum absolute atomic E-state index is 13.0. The van der Waals surface area contributed by atoms with Crippen molar-refractivity contribution < 1.29 is 22.1 Å². The minimum Gasteiger partial charge on any atom is -0.490 e. The van der Waals surface area contributed by atoms with E-state index < -0.39 is 10.1 Å². The zero-order valence-electron chi connectivity index (χ0n) is 20.5. The molecule has 2 rings (SSSR count). The quantitative estimate of drug-likeness (QED) is 0.337. The van der Waals surface area contributed by atoms with Crippen molar-refractivity contribution in [3.63, 3.8) is 0 Å². The lowest BCUT2D eigenvalue weighted by atomic mass is 9.86. The van der Waals surface area contributed by atoms with Gasteiger partial charge in [0.15, 0.2) is 0 Å². The zero-order chi connectivity index (χ0) is 24.0. The summed E-state index contributed by atoms with van der Waals surface area (Å²) in [5.74, 6) is 0.285. The number of ether oxygens (including phenoxy) is 2. The van der Waals surface area contributed by atoms with Crippen LogP contribution in [0.4, 0.5) is 0 Å². The van der Waals surface area contributed by atoms with Crippen LogP contribution in [-0.4, -0.2) is 35.3 Å². The molecule has 0 radical (unpaired) electrons. The molecule has 0 N–H and O–H groups in total. The van der Waals surface area contributed by atoms with Gasteiger partial charge in [-0.2, -0.15) is 8.42 Å². The van der Waals surface area contributed by atoms with Crippen LogP contribution in [0.1, 0.15) is 64.7 Å². The standard InChI is InChI=1S/C26H38O5S/c1-25(2,3)21-12-10-20(11-13-21)9-8-16-31-32(27,28)24-19-22(26(4,5)6)14-15-23(24)30-18-17-29-7/h10-15,19H,8-9,16-18H2,1-7H3. The summed E-state index contributed by atoms with van der Waals surface area (Å²) < 4.78 is 42.1. The van der Waals surface area contributed by atoms with Crippen LogP contribution in [0.5, 0.6) is 5.75 Å². The normalized spacial score (nSPS) is 12.7. The molecule has 0 unspecified atom stereocenters. The lowest BCUT2D eigenvalue weighted by Gasteiger charge is -2.21. The van der Waals surface area contributed by atoms with Crippen molar-refractivity contribution >= 4 is 10.1 Å². The van der Waals surface area contributed by atoms with Gasteiger partial charge in [-0.1, -0.05) is 71.9 Å². The van der Waals surface area contributed by atoms with Gasteiger partial charge in [-0.15, -0.1) is 0 Å². The van der Waals surface area contributed by atoms with Gasteiger partial charge in [0, 0.05) is 7.11 Å². The van der Waals surface area contributed by atoms with Gasteiger partial charge >= 0.3 is 10.1 Å². The molecule has 178 valence electrons. The van der Waals surface area contributed by atoms with Crippen molar-refractivity contribution in [3.05, 3.63) is 59.2 Å². The number of methoxy groups -OCH3 is 1. The summed E-state index contributed by atoms with van der Waals surface area (Å²) in [4.78, 5) is 0.0653. The molecule has 6 heteroatoms. The largest absolute Gasteiger partial charge is 0.490 e. The number of aryl methyl sites for hydroxylation is 1. The molecule has 0 aromatic heterocycles. The monoisotopic (exact) mass is 462 g/mol. The molecular formula is C26H38O5S. The molecule has 32 heavy (non-hydrogen) atoms. The van der Waals surface area contributed by atoms with Crippen LogP contribution in [0.25, 0.3) is 0 Å². The third-order valence-electron chi connectivity index (χ3n) is 5.29. The molecule has 0 fully saturated rings. The van der Waals surface area contributed by atoms with E-state index in [1.807, 2.05) is 26.8 Å². The molecule has 0 bridgehead atoms. The Morgan fingerprint density at radius 3 is 1.94 bits per heavy atom. The van der Waals surface area contributed by atoms with Gasteiger partial charge in [0.1, 0.15) is 17.3 Å². The van der Waals surface area contributed by atoms with Crippen LogP contribution >= 0.6 is 0 Å². The van der Waals surface area contributed by atoms with E-state index >= 15 is 0 Å². The van der Waals surface area contributed by atoms with Crippen LogP contribution in [-0.2, 0) is 36.3 Å². The summed E-state index contributed by atoms with van der Waals surface area (Å²) in [5, 5.41) is 0. The van der Waals surface area contributed by atoms with Gasteiger partial charge in [0.2, 0.25) is 0 Å². The predicted molar refractivity (Wildman–Crippen MR) is 129 cm³/mol. The third kappa shape index (κ3) is 7.61. The van der Waals surface area contributed by atoms with E-state index in [4.69, 9.17) is 13.7 Å². The summed E-state index contributed by atoms with van der Waals surface area (Å²) in [6.45, 7) is 13.4. The lowest BCUT2D eigenvalue weighted by molar-refractivity contribution is 0.144. The van der Waals surface area contributed by atoms with E-state index in [1.54, 1.807) is 19.2 Å². The van der Waals surface area contributed by atoms with E-state index in [1.165, 1.54) is 5.56 Å². The van der Waals surface area contributed by atoms with Gasteiger partial charge in [0.25, 0.3) is 0 Å². The van der Waals surface area contributed by atoms with Gasteiger partial charge in [0.05, 0.1) is 13.2 Å². The van der Waals surface area contributed by atoms with E-state index in [9.17, 15) is 8.42 Å². The lowest BCUT2D eigenvalue weighted by Crippen LogP contribution is -2.16. The Balaban J connectivity index is 2.07. The fourth-order valence-electron chi connectivity index (χ4n) is 3.20. The van der Waals surface area contributed by atoms with Gasteiger partial charge in [-0.3, -0.25) is 4.18 Å². The number of hydrogen-bond donors (Lipinski definition) is 0. The maximum atomic E-state index is 13.0. The highest BCUT2D eigenvalue weighted by Crippen LogP contribution is 2.32. The highest BCUT2D eigenvalue weighted by atomic mass is 32.2. The minimum atomic E-state index is -3.96. The summed E-state index contributed by atoms with van der Waals surface area (Å²) in [7, 11) is -2.38. The highest BCUT2D eigenvalue weighted by molar-refractivity contribution is 7.86. The van der Waals surface area contributed by atoms with Gasteiger partial charge < -0.3 is 9.47 Å². The molecule has 0 amide bonds. The SMILES string of the molecule is COCCOc1ccc(C(C)(C)C)cc1S(=O)(=O)OCCCc1ccc(C(C)(C)C)cc1. The maximum Gasteiger partial charge on any atom is 0.300 e. The average Bonchev–Trinajstić information content (AvgIpc) is 2.70. The van der Waals surface area contributed by atoms with Crippen LogP contribution < -0.4 is 4.74 Å². The molecule has 0 aliphatic heterocycles. The van der Waals surface area contributed by atoms with Crippen LogP contribution in [0.2, 0.25) is 0 Å². The Morgan fingerprint density at radius 1 is 0.781 bits per heavy atom. The topological polar surface area (TPSA) is 61.8 Å². The molecule has 0 spiro atoms. The van der Waals surface area contributed by atoms with Crippen molar-refractivity contribution in [1.29, 1.82) is 0 Å². The molecular weight excluding hydrogens is 424 g/mol. The Morgan fingerprint density at radius 2 is 1.38 bits per heavy atom. The van der Waals surface area contributed by atoms with Crippen molar-refractivity contribution in [2.75, 3.05) is 26.9 Å². The molecule has 0 saturated heterocycles. The molecule has 0 atom stereocenters. The first-order valence-corrected chi connectivity index (χ1v) is 12.5. The number of rotatable bonds is 10. The summed E-state index contributed by atoms with van der Waals surface area (Å²) in [6, 6.07) is 13.7. The second kappa shape index (κ2) is 10.8. The highest BCUT2D eigenvalue weighted by Gasteiger charge is 2.24. The Hall–Kier alpha value is -1.89. The fourth-order valence-corrected chi connectivity index (χ4v) is 4.31. The predicted octanol–water partition coefficient (Wildman–Crippen LogP) is 5.64. The fraction of sp³-hybridized carbons (Fsp3) is 0.538. The van der Waals surface area contributed by atoms with Crippen molar-refractivity contribution in [2.24, 2.45) is 0 Å². The smallest absolute Gasteiger partial charge is 0.300 e. The van der Waals surface area contributed by atoms with Crippen LogP contribution in [0.3, 0.4) is 0 Å². The van der Waals surface area contributed by atoms with Crippen molar-refractivity contribution in [3.8, 4) is 5.75 Å². The van der Waals surface area contributed by atoms with E-state index in [0.29, 0.717) is 13.0 Å². The summed E-state index contributed by atoms with van der Waals surface area (Å²) in [5.41, 5.74) is 3.25. The Labute approximate surface area is 194 Å². The second-order valence-electron chi connectivity index (χ2n) is 10.1. The van der Waals surface area contributed by atoms with Crippen LogP contribution in [0.15, 0.2) is 47.4 Å². The third-order valence-corrected chi connectivity index (χ3v) is 6.63. The molecule has 2 aromatic carbocycles. The van der Waals surface area contributed by atoms with Crippen LogP contribution in [0, 0.1) is 0 Å². The zero-order valence-corrected chi connectivity index (χ0v) is 21.3. The number of hydrogen-bond acceptors (Lipinski definition) is 5. The van der Waals surface area contributed by atoms with Gasteiger partial charge in [-0.25, -0.2) is 0 Å². The molecule has 0 saturated carbocycles. The first-order valence-electron chi connectivity index (χ1n) is 11.1. The average molecular weight is 463 g/mol. The molecule has 5 nitrogen and oxygen atoms in total.